The van der Waals surface area contributed by atoms with E-state index >= 15 is 0 Å². The average molecular weight is 390 g/mol. The summed E-state index contributed by atoms with van der Waals surface area (Å²) >= 11 is 0. The van der Waals surface area contributed by atoms with Crippen molar-refractivity contribution in [2.75, 3.05) is 13.1 Å². The lowest BCUT2D eigenvalue weighted by Crippen LogP contribution is -2.69. The van der Waals surface area contributed by atoms with Crippen molar-refractivity contribution in [1.29, 1.82) is 0 Å². The molecular formula is C22H28ClNO3. The lowest BCUT2D eigenvalue weighted by atomic mass is 9.47. The van der Waals surface area contributed by atoms with E-state index in [1.807, 2.05) is 0 Å². The van der Waals surface area contributed by atoms with Crippen LogP contribution in [-0.2, 0) is 16.6 Å². The highest BCUT2D eigenvalue weighted by atomic mass is 35.5. The number of rotatable bonds is 2. The summed E-state index contributed by atoms with van der Waals surface area (Å²) < 4.78 is 6.25. The summed E-state index contributed by atoms with van der Waals surface area (Å²) in [7, 11) is 0. The fourth-order valence-corrected chi connectivity index (χ4v) is 6.88. The van der Waals surface area contributed by atoms with Gasteiger partial charge in [-0.2, -0.15) is 0 Å². The Kier molecular flexibility index (Phi) is 3.72. The maximum atomic E-state index is 13.2. The first-order chi connectivity index (χ1) is 12.5. The molecule has 1 aromatic rings. The number of Topliss-reactive ketones (excluding diaryl/α,β-unsaturated/α-hetero) is 1. The zero-order valence-electron chi connectivity index (χ0n) is 16.0. The van der Waals surface area contributed by atoms with Crippen molar-refractivity contribution in [2.24, 2.45) is 23.7 Å². The first-order valence-corrected chi connectivity index (χ1v) is 10.3. The highest BCUT2D eigenvalue weighted by Crippen LogP contribution is 2.65. The number of aromatic hydroxyl groups is 1. The van der Waals surface area contributed by atoms with Crippen LogP contribution in [0.4, 0.5) is 0 Å². The molecular weight excluding hydrogens is 362 g/mol. The summed E-state index contributed by atoms with van der Waals surface area (Å²) in [5.41, 5.74) is 2.27. The third kappa shape index (κ3) is 2.06. The van der Waals surface area contributed by atoms with Crippen molar-refractivity contribution in [3.05, 3.63) is 23.3 Å². The highest BCUT2D eigenvalue weighted by Gasteiger charge is 2.69. The number of phenols is 1. The smallest absolute Gasteiger partial charge is 0.177 e. The molecule has 5 aliphatic rings. The number of carbonyl (C=O) groups excluding carboxylic acids is 1. The molecule has 5 heteroatoms. The normalized spacial score (nSPS) is 41.6. The Morgan fingerprint density at radius 1 is 1.30 bits per heavy atom. The van der Waals surface area contributed by atoms with E-state index in [-0.39, 0.29) is 35.3 Å². The molecule has 1 spiro atoms. The van der Waals surface area contributed by atoms with Crippen LogP contribution in [0.2, 0.25) is 0 Å². The van der Waals surface area contributed by atoms with Gasteiger partial charge < -0.3 is 9.84 Å². The van der Waals surface area contributed by atoms with Gasteiger partial charge in [-0.3, -0.25) is 9.69 Å². The van der Waals surface area contributed by atoms with Gasteiger partial charge in [-0.25, -0.2) is 0 Å². The average Bonchev–Trinajstić information content (AvgIpc) is 3.38. The van der Waals surface area contributed by atoms with E-state index in [0.29, 0.717) is 23.6 Å². The number of benzene rings is 1. The van der Waals surface area contributed by atoms with Gasteiger partial charge >= 0.3 is 0 Å². The first-order valence-electron chi connectivity index (χ1n) is 10.3. The zero-order valence-corrected chi connectivity index (χ0v) is 16.8. The standard InChI is InChI=1S/C22H27NO3.ClH/c1-11-12(2)19(25)21-22-7-8-23(10-13-3-4-13)15(17(11)22)9-14-5-6-16(24)20(26-21)18(14)22;/h5-6,11-13,15,17,21,24H,3-4,7-10H2,1-2H3;1H/t11-,12-,15+,17+,21+,22-;/m0./s1. The van der Waals surface area contributed by atoms with E-state index in [1.54, 1.807) is 6.07 Å². The third-order valence-corrected chi connectivity index (χ3v) is 8.36. The minimum atomic E-state index is -0.397. The Balaban J connectivity index is 0.00000160. The first kappa shape index (κ1) is 17.8. The van der Waals surface area contributed by atoms with Gasteiger partial charge in [0.25, 0.3) is 0 Å². The number of piperidine rings is 1. The van der Waals surface area contributed by atoms with Crippen molar-refractivity contribution in [1.82, 2.24) is 4.90 Å². The predicted octanol–water partition coefficient (Wildman–Crippen LogP) is 3.32. The van der Waals surface area contributed by atoms with E-state index in [0.717, 1.165) is 25.3 Å². The molecule has 2 aliphatic heterocycles. The topological polar surface area (TPSA) is 49.8 Å². The molecule has 6 atom stereocenters. The second-order valence-corrected chi connectivity index (χ2v) is 9.52. The van der Waals surface area contributed by atoms with E-state index in [9.17, 15) is 9.90 Å². The number of carbonyl (C=O) groups is 1. The Labute approximate surface area is 166 Å². The summed E-state index contributed by atoms with van der Waals surface area (Å²) in [5, 5.41) is 10.5. The van der Waals surface area contributed by atoms with E-state index in [2.05, 4.69) is 24.8 Å². The Morgan fingerprint density at radius 2 is 2.07 bits per heavy atom. The third-order valence-electron chi connectivity index (χ3n) is 8.36. The molecule has 3 aliphatic carbocycles. The molecule has 1 N–H and O–H groups in total. The van der Waals surface area contributed by atoms with Crippen LogP contribution < -0.4 is 4.74 Å². The van der Waals surface area contributed by atoms with Gasteiger partial charge in [0.1, 0.15) is 0 Å². The van der Waals surface area contributed by atoms with Gasteiger partial charge in [-0.1, -0.05) is 19.9 Å². The summed E-state index contributed by atoms with van der Waals surface area (Å²) in [6, 6.07) is 4.35. The lowest BCUT2D eigenvalue weighted by molar-refractivity contribution is -0.151. The molecule has 0 unspecified atom stereocenters. The number of likely N-dealkylation sites (tertiary alicyclic amines) is 1. The Morgan fingerprint density at radius 3 is 2.81 bits per heavy atom. The molecule has 1 saturated heterocycles. The minimum absolute atomic E-state index is 0. The number of halogens is 1. The van der Waals surface area contributed by atoms with Crippen LogP contribution in [0.3, 0.4) is 0 Å². The second kappa shape index (κ2) is 5.64. The van der Waals surface area contributed by atoms with Crippen LogP contribution in [0.25, 0.3) is 0 Å². The molecule has 0 aromatic heterocycles. The van der Waals surface area contributed by atoms with Crippen molar-refractivity contribution < 1.29 is 14.6 Å². The van der Waals surface area contributed by atoms with Crippen molar-refractivity contribution >= 4 is 18.2 Å². The summed E-state index contributed by atoms with van der Waals surface area (Å²) in [5.74, 6) is 2.78. The molecule has 1 aromatic carbocycles. The minimum Gasteiger partial charge on any atom is -0.504 e. The number of hydrogen-bond acceptors (Lipinski definition) is 4. The highest BCUT2D eigenvalue weighted by molar-refractivity contribution is 5.91. The van der Waals surface area contributed by atoms with Crippen LogP contribution in [0, 0.1) is 23.7 Å². The zero-order chi connectivity index (χ0) is 17.8. The number of phenolic OH excluding ortho intramolecular Hbond substituents is 1. The number of ketones is 1. The monoisotopic (exact) mass is 389 g/mol. The van der Waals surface area contributed by atoms with Gasteiger partial charge in [-0.15, -0.1) is 12.4 Å². The van der Waals surface area contributed by atoms with Gasteiger partial charge in [0.15, 0.2) is 23.4 Å². The molecule has 6 rings (SSSR count). The SMILES string of the molecule is C[C@@H]1[C@@H]2[C@H]3Cc4ccc(O)c5c4[C@@]2(CCN3CC2CC2)[C@H](O5)C(=O)[C@H]1C.Cl. The quantitative estimate of drug-likeness (QED) is 0.842. The van der Waals surface area contributed by atoms with Gasteiger partial charge in [-0.05, 0) is 61.6 Å². The molecule has 2 saturated carbocycles. The summed E-state index contributed by atoms with van der Waals surface area (Å²) in [6.45, 7) is 6.64. The molecule has 146 valence electrons. The van der Waals surface area contributed by atoms with Crippen molar-refractivity contribution in [3.8, 4) is 11.5 Å². The molecule has 0 radical (unpaired) electrons. The summed E-state index contributed by atoms with van der Waals surface area (Å²) in [4.78, 5) is 16.0. The lowest BCUT2D eigenvalue weighted by Gasteiger charge is -2.61. The number of ether oxygens (including phenoxy) is 1. The van der Waals surface area contributed by atoms with E-state index in [4.69, 9.17) is 4.74 Å². The van der Waals surface area contributed by atoms with Crippen molar-refractivity contribution in [3.63, 3.8) is 0 Å². The number of hydrogen-bond donors (Lipinski definition) is 1. The van der Waals surface area contributed by atoms with Crippen molar-refractivity contribution in [2.45, 2.75) is 57.1 Å². The van der Waals surface area contributed by atoms with Crippen LogP contribution in [0.5, 0.6) is 11.5 Å². The fraction of sp³-hybridized carbons (Fsp3) is 0.682. The molecule has 4 nitrogen and oxygen atoms in total. The largest absolute Gasteiger partial charge is 0.504 e. The predicted molar refractivity (Wildman–Crippen MR) is 105 cm³/mol. The van der Waals surface area contributed by atoms with Gasteiger partial charge in [0.2, 0.25) is 0 Å². The molecule has 2 heterocycles. The molecule has 0 amide bonds. The van der Waals surface area contributed by atoms with Gasteiger partial charge in [0.05, 0.1) is 0 Å². The fourth-order valence-electron chi connectivity index (χ4n) is 6.88. The Hall–Kier alpha value is -1.26. The van der Waals surface area contributed by atoms with Crippen LogP contribution in [-0.4, -0.2) is 41.0 Å². The maximum absolute atomic E-state index is 13.2. The number of nitrogens with zero attached hydrogens (tertiary/aromatic N) is 1. The van der Waals surface area contributed by atoms with Crippen LogP contribution >= 0.6 is 12.4 Å². The van der Waals surface area contributed by atoms with Crippen LogP contribution in [0.15, 0.2) is 12.1 Å². The molecule has 2 bridgehead atoms. The molecule has 27 heavy (non-hydrogen) atoms. The van der Waals surface area contributed by atoms with E-state index < -0.39 is 6.10 Å². The second-order valence-electron chi connectivity index (χ2n) is 9.52. The van der Waals surface area contributed by atoms with E-state index in [1.165, 1.54) is 30.5 Å². The van der Waals surface area contributed by atoms with Gasteiger partial charge in [0, 0.05) is 29.5 Å². The Bertz CT molecular complexity index is 822. The van der Waals surface area contributed by atoms with Crippen LogP contribution in [0.1, 0.15) is 44.2 Å². The maximum Gasteiger partial charge on any atom is 0.177 e. The molecule has 3 fully saturated rings. The summed E-state index contributed by atoms with van der Waals surface area (Å²) in [6.07, 6.45) is 4.38.